The van der Waals surface area contributed by atoms with E-state index in [1.54, 1.807) is 55.6 Å². The van der Waals surface area contributed by atoms with Gasteiger partial charge in [-0.25, -0.2) is 8.42 Å². The number of hydrogen-bond donors (Lipinski definition) is 1. The van der Waals surface area contributed by atoms with Crippen LogP contribution in [-0.2, 0) is 14.6 Å². The average Bonchev–Trinajstić information content (AvgIpc) is 2.74. The SMILES string of the molecule is COc1cccc(Oc2ccccc2NC(=O)CCS(=O)(=O)c2ccc(Cl)cc2)c1. The molecule has 0 heterocycles. The van der Waals surface area contributed by atoms with Gasteiger partial charge in [0.2, 0.25) is 5.91 Å². The van der Waals surface area contributed by atoms with E-state index in [9.17, 15) is 13.2 Å². The molecule has 0 saturated carbocycles. The number of ether oxygens (including phenoxy) is 2. The number of hydrogen-bond acceptors (Lipinski definition) is 5. The van der Waals surface area contributed by atoms with Crippen molar-refractivity contribution in [3.63, 3.8) is 0 Å². The van der Waals surface area contributed by atoms with E-state index in [4.69, 9.17) is 21.1 Å². The molecule has 6 nitrogen and oxygen atoms in total. The predicted molar refractivity (Wildman–Crippen MR) is 116 cm³/mol. The molecule has 0 aliphatic rings. The molecule has 3 rings (SSSR count). The standard InChI is InChI=1S/C22H20ClNO5S/c1-28-17-5-4-6-18(15-17)29-21-8-3-2-7-20(21)24-22(25)13-14-30(26,27)19-11-9-16(23)10-12-19/h2-12,15H,13-14H2,1H3,(H,24,25). The van der Waals surface area contributed by atoms with Gasteiger partial charge in [-0.15, -0.1) is 0 Å². The van der Waals surface area contributed by atoms with Crippen LogP contribution in [0.4, 0.5) is 5.69 Å². The molecule has 8 heteroatoms. The van der Waals surface area contributed by atoms with Crippen LogP contribution in [0.2, 0.25) is 5.02 Å². The fourth-order valence-corrected chi connectivity index (χ4v) is 4.02. The summed E-state index contributed by atoms with van der Waals surface area (Å²) >= 11 is 5.79. The molecular weight excluding hydrogens is 426 g/mol. The third kappa shape index (κ3) is 5.75. The van der Waals surface area contributed by atoms with Crippen LogP contribution in [0.25, 0.3) is 0 Å². The van der Waals surface area contributed by atoms with E-state index in [2.05, 4.69) is 5.32 Å². The molecule has 0 saturated heterocycles. The zero-order valence-electron chi connectivity index (χ0n) is 16.2. The van der Waals surface area contributed by atoms with E-state index in [1.807, 2.05) is 0 Å². The van der Waals surface area contributed by atoms with Gasteiger partial charge in [-0.2, -0.15) is 0 Å². The van der Waals surface area contributed by atoms with Crippen LogP contribution >= 0.6 is 11.6 Å². The van der Waals surface area contributed by atoms with Crippen molar-refractivity contribution in [2.75, 3.05) is 18.2 Å². The second kappa shape index (κ2) is 9.65. The monoisotopic (exact) mass is 445 g/mol. The molecule has 0 atom stereocenters. The van der Waals surface area contributed by atoms with Crippen LogP contribution in [0.3, 0.4) is 0 Å². The van der Waals surface area contributed by atoms with Gasteiger partial charge in [-0.1, -0.05) is 29.8 Å². The van der Waals surface area contributed by atoms with Crippen molar-refractivity contribution in [1.29, 1.82) is 0 Å². The summed E-state index contributed by atoms with van der Waals surface area (Å²) in [6.07, 6.45) is -0.196. The number of carbonyl (C=O) groups is 1. The normalized spacial score (nSPS) is 11.0. The number of rotatable bonds is 8. The number of para-hydroxylation sites is 2. The van der Waals surface area contributed by atoms with Gasteiger partial charge < -0.3 is 14.8 Å². The summed E-state index contributed by atoms with van der Waals surface area (Å²) < 4.78 is 35.9. The molecule has 0 bridgehead atoms. The highest BCUT2D eigenvalue weighted by molar-refractivity contribution is 7.91. The summed E-state index contributed by atoms with van der Waals surface area (Å²) in [4.78, 5) is 12.5. The van der Waals surface area contributed by atoms with E-state index in [0.717, 1.165) is 0 Å². The Morgan fingerprint density at radius 2 is 1.67 bits per heavy atom. The minimum absolute atomic E-state index is 0.126. The predicted octanol–water partition coefficient (Wildman–Crippen LogP) is 4.94. The topological polar surface area (TPSA) is 81.7 Å². The molecule has 3 aromatic carbocycles. The smallest absolute Gasteiger partial charge is 0.225 e. The van der Waals surface area contributed by atoms with Gasteiger partial charge in [0.05, 0.1) is 23.4 Å². The van der Waals surface area contributed by atoms with Gasteiger partial charge in [-0.3, -0.25) is 4.79 Å². The van der Waals surface area contributed by atoms with E-state index in [-0.39, 0.29) is 17.1 Å². The summed E-state index contributed by atoms with van der Waals surface area (Å²) in [6.45, 7) is 0. The van der Waals surface area contributed by atoms with E-state index in [0.29, 0.717) is 28.0 Å². The Bertz CT molecular complexity index is 1130. The minimum Gasteiger partial charge on any atom is -0.497 e. The molecule has 0 unspecified atom stereocenters. The molecule has 30 heavy (non-hydrogen) atoms. The maximum atomic E-state index is 12.4. The third-order valence-electron chi connectivity index (χ3n) is 4.20. The van der Waals surface area contributed by atoms with Crippen molar-refractivity contribution in [3.8, 4) is 17.2 Å². The molecule has 0 radical (unpaired) electrons. The number of nitrogens with one attached hydrogen (secondary N) is 1. The van der Waals surface area contributed by atoms with Crippen LogP contribution in [0.5, 0.6) is 17.2 Å². The quantitative estimate of drug-likeness (QED) is 0.530. The second-order valence-corrected chi connectivity index (χ2v) is 8.89. The highest BCUT2D eigenvalue weighted by atomic mass is 35.5. The molecule has 0 spiro atoms. The maximum Gasteiger partial charge on any atom is 0.225 e. The van der Waals surface area contributed by atoms with Gasteiger partial charge in [0.15, 0.2) is 15.6 Å². The highest BCUT2D eigenvalue weighted by Crippen LogP contribution is 2.31. The number of carbonyl (C=O) groups excluding carboxylic acids is 1. The third-order valence-corrected chi connectivity index (χ3v) is 6.18. The fourth-order valence-electron chi connectivity index (χ4n) is 2.65. The van der Waals surface area contributed by atoms with E-state index >= 15 is 0 Å². The first-order valence-electron chi connectivity index (χ1n) is 9.06. The Kier molecular flexibility index (Phi) is 6.97. The lowest BCUT2D eigenvalue weighted by molar-refractivity contribution is -0.115. The lowest BCUT2D eigenvalue weighted by Crippen LogP contribution is -2.17. The molecule has 1 N–H and O–H groups in total. The molecule has 156 valence electrons. The zero-order chi connectivity index (χ0) is 21.6. The molecule has 0 fully saturated rings. The van der Waals surface area contributed by atoms with Gasteiger partial charge in [0, 0.05) is 17.5 Å². The number of sulfone groups is 1. The van der Waals surface area contributed by atoms with E-state index < -0.39 is 15.7 Å². The summed E-state index contributed by atoms with van der Waals surface area (Å²) in [6, 6.07) is 19.8. The summed E-state index contributed by atoms with van der Waals surface area (Å²) in [5.41, 5.74) is 0.439. The molecule has 0 aliphatic heterocycles. The van der Waals surface area contributed by atoms with Crippen molar-refractivity contribution in [2.24, 2.45) is 0 Å². The Balaban J connectivity index is 1.66. The largest absolute Gasteiger partial charge is 0.497 e. The Morgan fingerprint density at radius 1 is 0.967 bits per heavy atom. The number of halogens is 1. The van der Waals surface area contributed by atoms with Crippen LogP contribution in [0.1, 0.15) is 6.42 Å². The second-order valence-electron chi connectivity index (χ2n) is 6.35. The summed E-state index contributed by atoms with van der Waals surface area (Å²) in [5.74, 6) is 0.857. The van der Waals surface area contributed by atoms with Crippen LogP contribution in [-0.4, -0.2) is 27.2 Å². The van der Waals surface area contributed by atoms with Crippen molar-refractivity contribution in [2.45, 2.75) is 11.3 Å². The van der Waals surface area contributed by atoms with Crippen molar-refractivity contribution in [1.82, 2.24) is 0 Å². The average molecular weight is 446 g/mol. The molecule has 1 amide bonds. The zero-order valence-corrected chi connectivity index (χ0v) is 17.7. The van der Waals surface area contributed by atoms with Gasteiger partial charge in [0.1, 0.15) is 11.5 Å². The van der Waals surface area contributed by atoms with Crippen LogP contribution in [0, 0.1) is 0 Å². The summed E-state index contributed by atoms with van der Waals surface area (Å²) in [5, 5.41) is 3.16. The first kappa shape index (κ1) is 21.7. The Labute approximate surface area is 180 Å². The number of amides is 1. The molecule has 0 aliphatic carbocycles. The highest BCUT2D eigenvalue weighted by Gasteiger charge is 2.17. The number of benzene rings is 3. The Morgan fingerprint density at radius 3 is 2.40 bits per heavy atom. The van der Waals surface area contributed by atoms with Crippen LogP contribution in [0.15, 0.2) is 77.7 Å². The summed E-state index contributed by atoms with van der Waals surface area (Å²) in [7, 11) is -2.03. The first-order chi connectivity index (χ1) is 14.4. The lowest BCUT2D eigenvalue weighted by atomic mass is 10.2. The van der Waals surface area contributed by atoms with Gasteiger partial charge >= 0.3 is 0 Å². The van der Waals surface area contributed by atoms with Crippen molar-refractivity contribution < 1.29 is 22.7 Å². The lowest BCUT2D eigenvalue weighted by Gasteiger charge is -2.13. The van der Waals surface area contributed by atoms with Crippen molar-refractivity contribution >= 4 is 33.0 Å². The van der Waals surface area contributed by atoms with Gasteiger partial charge in [0.25, 0.3) is 0 Å². The number of anilines is 1. The fraction of sp³-hybridized carbons (Fsp3) is 0.136. The Hall–Kier alpha value is -3.03. The first-order valence-corrected chi connectivity index (χ1v) is 11.1. The number of methoxy groups -OCH3 is 1. The maximum absolute atomic E-state index is 12.4. The van der Waals surface area contributed by atoms with Crippen LogP contribution < -0.4 is 14.8 Å². The molecule has 0 aromatic heterocycles. The minimum atomic E-state index is -3.60. The molecule has 3 aromatic rings. The molecular formula is C22H20ClNO5S. The van der Waals surface area contributed by atoms with E-state index in [1.165, 1.54) is 24.3 Å². The van der Waals surface area contributed by atoms with Crippen molar-refractivity contribution in [3.05, 3.63) is 77.8 Å². The van der Waals surface area contributed by atoms with Gasteiger partial charge in [-0.05, 0) is 48.5 Å².